The Kier molecular flexibility index (Phi) is 5.15. The van der Waals surface area contributed by atoms with Crippen molar-refractivity contribution in [2.24, 2.45) is 0 Å². The summed E-state index contributed by atoms with van der Waals surface area (Å²) >= 11 is 3.90. The maximum Gasteiger partial charge on any atom is 0.348 e. The molecular weight excluding hydrogens is 301 g/mol. The number of hydrogen-bond donors (Lipinski definition) is 2. The van der Waals surface area contributed by atoms with Crippen molar-refractivity contribution in [3.63, 3.8) is 0 Å². The Hall–Kier alpha value is -1.22. The summed E-state index contributed by atoms with van der Waals surface area (Å²) in [7, 11) is 0. The molecule has 0 saturated heterocycles. The smallest absolute Gasteiger partial charge is 0.322 e. The van der Waals surface area contributed by atoms with Gasteiger partial charge in [-0.3, -0.25) is 9.24 Å². The van der Waals surface area contributed by atoms with Gasteiger partial charge in [0.25, 0.3) is 0 Å². The van der Waals surface area contributed by atoms with Crippen LogP contribution in [0.4, 0.5) is 5.69 Å². The Morgan fingerprint density at radius 2 is 1.81 bits per heavy atom. The highest BCUT2D eigenvalue weighted by Gasteiger charge is 2.24. The second-order valence-electron chi connectivity index (χ2n) is 5.00. The molecule has 0 aromatic heterocycles. The lowest BCUT2D eigenvalue weighted by Crippen LogP contribution is -2.19. The molecule has 2 rings (SSSR count). The average molecular weight is 321 g/mol. The van der Waals surface area contributed by atoms with Crippen LogP contribution in [0.2, 0.25) is 0 Å². The van der Waals surface area contributed by atoms with E-state index in [2.05, 4.69) is 12.2 Å². The Balaban J connectivity index is 2.50. The van der Waals surface area contributed by atoms with Gasteiger partial charge in [0.15, 0.2) is 0 Å². The summed E-state index contributed by atoms with van der Waals surface area (Å²) in [4.78, 5) is 9.89. The fraction of sp³-hybridized carbons (Fsp3) is 0.250. The molecule has 0 aliphatic carbocycles. The molecule has 112 valence electrons. The van der Waals surface area contributed by atoms with Crippen LogP contribution in [-0.4, -0.2) is 11.4 Å². The highest BCUT2D eigenvalue weighted by molar-refractivity contribution is 8.46. The molecule has 0 amide bonds. The lowest BCUT2D eigenvalue weighted by Gasteiger charge is -2.27. The van der Waals surface area contributed by atoms with E-state index in [1.165, 1.54) is 4.67 Å². The molecule has 0 radical (unpaired) electrons. The van der Waals surface area contributed by atoms with Crippen LogP contribution in [0, 0.1) is 6.92 Å². The molecule has 2 aromatic carbocycles. The number of nitrogens with zero attached hydrogens (tertiary/aromatic N) is 1. The van der Waals surface area contributed by atoms with E-state index >= 15 is 0 Å². The van der Waals surface area contributed by atoms with Crippen molar-refractivity contribution in [3.8, 4) is 11.1 Å². The quantitative estimate of drug-likeness (QED) is 0.607. The maximum atomic E-state index is 12.1. The molecule has 0 aliphatic rings. The lowest BCUT2D eigenvalue weighted by atomic mass is 10.0. The van der Waals surface area contributed by atoms with Crippen LogP contribution >= 0.6 is 19.0 Å². The van der Waals surface area contributed by atoms with Gasteiger partial charge in [-0.15, -0.1) is 0 Å². The molecule has 3 nitrogen and oxygen atoms in total. The number of hydrogen-bond acceptors (Lipinski definition) is 1. The number of rotatable bonds is 5. The topological polar surface area (TPSA) is 40.5 Å². The first-order chi connectivity index (χ1) is 9.93. The minimum absolute atomic E-state index is 0.496. The first kappa shape index (κ1) is 16.2. The SMILES string of the molecule is CCCN(c1cc(-c2ccccc2)ccc1C)P(=O)(O)S. The van der Waals surface area contributed by atoms with Gasteiger partial charge in [0.05, 0.1) is 0 Å². The third-order valence-electron chi connectivity index (χ3n) is 3.34. The zero-order valence-electron chi connectivity index (χ0n) is 12.2. The molecule has 2 aromatic rings. The van der Waals surface area contributed by atoms with Crippen molar-refractivity contribution in [2.45, 2.75) is 20.3 Å². The maximum absolute atomic E-state index is 12.1. The summed E-state index contributed by atoms with van der Waals surface area (Å²) in [5.41, 5.74) is 3.84. The van der Waals surface area contributed by atoms with Crippen LogP contribution < -0.4 is 4.67 Å². The summed E-state index contributed by atoms with van der Waals surface area (Å²) in [5.74, 6) is 0. The zero-order valence-corrected chi connectivity index (χ0v) is 14.0. The lowest BCUT2D eigenvalue weighted by molar-refractivity contribution is 0.492. The Morgan fingerprint density at radius 3 is 2.38 bits per heavy atom. The van der Waals surface area contributed by atoms with E-state index in [9.17, 15) is 9.46 Å². The van der Waals surface area contributed by atoms with E-state index in [0.29, 0.717) is 6.54 Å². The van der Waals surface area contributed by atoms with Crippen molar-refractivity contribution in [3.05, 3.63) is 54.1 Å². The van der Waals surface area contributed by atoms with Gasteiger partial charge in [-0.2, -0.15) is 0 Å². The second-order valence-corrected chi connectivity index (χ2v) is 8.08. The molecule has 0 fully saturated rings. The molecule has 21 heavy (non-hydrogen) atoms. The van der Waals surface area contributed by atoms with Crippen LogP contribution in [0.5, 0.6) is 0 Å². The molecule has 0 spiro atoms. The Morgan fingerprint density at radius 1 is 1.14 bits per heavy atom. The van der Waals surface area contributed by atoms with Crippen molar-refractivity contribution in [1.29, 1.82) is 0 Å². The third kappa shape index (κ3) is 3.91. The zero-order chi connectivity index (χ0) is 15.5. The van der Waals surface area contributed by atoms with Crippen molar-refractivity contribution in [2.75, 3.05) is 11.2 Å². The second kappa shape index (κ2) is 6.69. The van der Waals surface area contributed by atoms with Gasteiger partial charge in [0.1, 0.15) is 0 Å². The third-order valence-corrected chi connectivity index (χ3v) is 5.04. The summed E-state index contributed by atoms with van der Waals surface area (Å²) in [6.45, 7) is 0.791. The monoisotopic (exact) mass is 321 g/mol. The van der Waals surface area contributed by atoms with Crippen molar-refractivity contribution in [1.82, 2.24) is 0 Å². The number of thiol groups is 1. The van der Waals surface area contributed by atoms with E-state index in [1.807, 2.05) is 62.4 Å². The highest BCUT2D eigenvalue weighted by atomic mass is 32.7. The van der Waals surface area contributed by atoms with Gasteiger partial charge < -0.3 is 4.89 Å². The fourth-order valence-corrected chi connectivity index (χ4v) is 3.81. The van der Waals surface area contributed by atoms with Crippen LogP contribution in [-0.2, 0) is 4.57 Å². The predicted octanol–water partition coefficient (Wildman–Crippen LogP) is 4.91. The summed E-state index contributed by atoms with van der Waals surface area (Å²) < 4.78 is 13.5. The van der Waals surface area contributed by atoms with Gasteiger partial charge >= 0.3 is 6.72 Å². The molecule has 1 N–H and O–H groups in total. The fourth-order valence-electron chi connectivity index (χ4n) is 2.30. The molecule has 0 bridgehead atoms. The van der Waals surface area contributed by atoms with Crippen LogP contribution in [0.1, 0.15) is 18.9 Å². The van der Waals surface area contributed by atoms with Gasteiger partial charge in [-0.05, 0) is 36.1 Å². The van der Waals surface area contributed by atoms with E-state index in [-0.39, 0.29) is 0 Å². The van der Waals surface area contributed by atoms with Crippen LogP contribution in [0.25, 0.3) is 11.1 Å². The first-order valence-corrected chi connectivity index (χ1v) is 9.69. The molecule has 1 atom stereocenters. The van der Waals surface area contributed by atoms with E-state index < -0.39 is 6.72 Å². The summed E-state index contributed by atoms with van der Waals surface area (Å²) in [6.07, 6.45) is 0.778. The molecular formula is C16H20NO2PS. The van der Waals surface area contributed by atoms with Gasteiger partial charge in [-0.25, -0.2) is 0 Å². The normalized spacial score (nSPS) is 13.7. The van der Waals surface area contributed by atoms with Crippen molar-refractivity contribution >= 4 is 24.7 Å². The highest BCUT2D eigenvalue weighted by Crippen LogP contribution is 2.53. The molecule has 1 unspecified atom stereocenters. The predicted molar refractivity (Wildman–Crippen MR) is 93.1 cm³/mol. The number of anilines is 1. The number of aryl methyl sites for hydroxylation is 1. The van der Waals surface area contributed by atoms with Crippen LogP contribution in [0.3, 0.4) is 0 Å². The minimum atomic E-state index is -3.62. The van der Waals surface area contributed by atoms with Crippen LogP contribution in [0.15, 0.2) is 48.5 Å². The Bertz CT molecular complexity index is 655. The van der Waals surface area contributed by atoms with Gasteiger partial charge in [0, 0.05) is 12.2 Å². The molecule has 0 saturated carbocycles. The van der Waals surface area contributed by atoms with Gasteiger partial charge in [-0.1, -0.05) is 61.6 Å². The average Bonchev–Trinajstić information content (AvgIpc) is 2.45. The summed E-state index contributed by atoms with van der Waals surface area (Å²) in [5, 5.41) is 0. The Labute approximate surface area is 131 Å². The van der Waals surface area contributed by atoms with Gasteiger partial charge in [0.2, 0.25) is 0 Å². The van der Waals surface area contributed by atoms with E-state index in [0.717, 1.165) is 28.8 Å². The number of benzene rings is 2. The molecule has 0 aliphatic heterocycles. The molecule has 0 heterocycles. The van der Waals surface area contributed by atoms with E-state index in [1.54, 1.807) is 0 Å². The largest absolute Gasteiger partial charge is 0.348 e. The first-order valence-electron chi connectivity index (χ1n) is 6.93. The van der Waals surface area contributed by atoms with Crippen molar-refractivity contribution < 1.29 is 9.46 Å². The minimum Gasteiger partial charge on any atom is -0.322 e. The summed E-state index contributed by atoms with van der Waals surface area (Å²) in [6, 6.07) is 15.9. The molecule has 5 heteroatoms. The standard InChI is InChI=1S/C16H20NO2PS/c1-3-11-17(20(18,19)21)16-12-15(10-9-13(16)2)14-7-5-4-6-8-14/h4-10,12H,3,11H2,1-2H3,(H2,18,19,21). The van der Waals surface area contributed by atoms with E-state index in [4.69, 9.17) is 0 Å².